The second-order valence-corrected chi connectivity index (χ2v) is 6.29. The molecule has 0 aliphatic rings. The molecule has 0 radical (unpaired) electrons. The van der Waals surface area contributed by atoms with Gasteiger partial charge in [-0.05, 0) is 31.2 Å². The minimum atomic E-state index is -0.715. The van der Waals surface area contributed by atoms with E-state index in [9.17, 15) is 9.59 Å². The lowest BCUT2D eigenvalue weighted by Crippen LogP contribution is -2.31. The first-order valence-corrected chi connectivity index (χ1v) is 8.84. The Labute approximate surface area is 154 Å². The largest absolute Gasteiger partial charge is 0.481 e. The number of hydrogen-bond donors (Lipinski definition) is 2. The molecule has 0 fully saturated rings. The number of benzene rings is 2. The fourth-order valence-corrected chi connectivity index (χ4v) is 2.75. The van der Waals surface area contributed by atoms with E-state index in [4.69, 9.17) is 4.74 Å². The molecule has 2 aromatic carbocycles. The molecule has 1 aromatic heterocycles. The van der Waals surface area contributed by atoms with Crippen LogP contribution in [0.25, 0.3) is 0 Å². The summed E-state index contributed by atoms with van der Waals surface area (Å²) in [5.41, 5.74) is 0.762. The van der Waals surface area contributed by atoms with Crippen molar-refractivity contribution < 1.29 is 14.3 Å². The molecule has 0 bridgehead atoms. The summed E-state index contributed by atoms with van der Waals surface area (Å²) in [6.07, 6.45) is 0.892. The van der Waals surface area contributed by atoms with Gasteiger partial charge in [-0.3, -0.25) is 14.9 Å². The third-order valence-corrected chi connectivity index (χ3v) is 4.20. The van der Waals surface area contributed by atoms with Crippen molar-refractivity contribution >= 4 is 34.0 Å². The Bertz CT molecular complexity index is 882. The predicted octanol–water partition coefficient (Wildman–Crippen LogP) is 3.80. The SMILES string of the molecule is CC(Oc1ccccc1)C(=O)Nc1ccccc1C(=O)Nc1nccs1. The molecule has 6 nitrogen and oxygen atoms in total. The fourth-order valence-electron chi connectivity index (χ4n) is 2.23. The molecule has 3 aromatic rings. The molecule has 0 aliphatic carbocycles. The van der Waals surface area contributed by atoms with E-state index in [1.807, 2.05) is 18.2 Å². The Hall–Kier alpha value is -3.19. The first kappa shape index (κ1) is 17.6. The Morgan fingerprint density at radius 2 is 1.77 bits per heavy atom. The minimum Gasteiger partial charge on any atom is -0.481 e. The van der Waals surface area contributed by atoms with E-state index in [0.29, 0.717) is 22.1 Å². The summed E-state index contributed by atoms with van der Waals surface area (Å²) in [6.45, 7) is 1.65. The zero-order chi connectivity index (χ0) is 18.4. The molecular weight excluding hydrogens is 350 g/mol. The number of anilines is 2. The van der Waals surface area contributed by atoms with Crippen molar-refractivity contribution in [3.63, 3.8) is 0 Å². The van der Waals surface area contributed by atoms with Gasteiger partial charge in [-0.2, -0.15) is 0 Å². The summed E-state index contributed by atoms with van der Waals surface area (Å²) in [6, 6.07) is 15.9. The third-order valence-electron chi connectivity index (χ3n) is 3.51. The standard InChI is InChI=1S/C19H17N3O3S/c1-13(25-14-7-3-2-4-8-14)17(23)21-16-10-6-5-9-15(16)18(24)22-19-20-11-12-26-19/h2-13H,1H3,(H,21,23)(H,20,22,24). The summed E-state index contributed by atoms with van der Waals surface area (Å²) in [4.78, 5) is 28.9. The van der Waals surface area contributed by atoms with E-state index in [0.717, 1.165) is 0 Å². The lowest BCUT2D eigenvalue weighted by Gasteiger charge is -2.16. The predicted molar refractivity (Wildman–Crippen MR) is 102 cm³/mol. The smallest absolute Gasteiger partial charge is 0.265 e. The van der Waals surface area contributed by atoms with Crippen molar-refractivity contribution in [1.82, 2.24) is 4.98 Å². The molecule has 7 heteroatoms. The number of ether oxygens (including phenoxy) is 1. The second kappa shape index (κ2) is 8.26. The Morgan fingerprint density at radius 3 is 2.50 bits per heavy atom. The van der Waals surface area contributed by atoms with Crippen LogP contribution in [0.15, 0.2) is 66.2 Å². The number of thiazole rings is 1. The third kappa shape index (κ3) is 4.46. The van der Waals surface area contributed by atoms with Crippen LogP contribution in [0, 0.1) is 0 Å². The zero-order valence-electron chi connectivity index (χ0n) is 14.0. The minimum absolute atomic E-state index is 0.340. The van der Waals surface area contributed by atoms with Crippen LogP contribution >= 0.6 is 11.3 Å². The fraction of sp³-hybridized carbons (Fsp3) is 0.105. The highest BCUT2D eigenvalue weighted by molar-refractivity contribution is 7.13. The van der Waals surface area contributed by atoms with Crippen molar-refractivity contribution in [3.8, 4) is 5.75 Å². The number of rotatable bonds is 6. The van der Waals surface area contributed by atoms with Gasteiger partial charge in [0.2, 0.25) is 0 Å². The molecule has 1 unspecified atom stereocenters. The van der Waals surface area contributed by atoms with Gasteiger partial charge in [0, 0.05) is 11.6 Å². The van der Waals surface area contributed by atoms with Gasteiger partial charge in [-0.25, -0.2) is 4.98 Å². The number of amides is 2. The van der Waals surface area contributed by atoms with Gasteiger partial charge in [0.05, 0.1) is 11.3 Å². The van der Waals surface area contributed by atoms with Gasteiger partial charge in [-0.15, -0.1) is 11.3 Å². The number of aromatic nitrogens is 1. The average Bonchev–Trinajstić information content (AvgIpc) is 3.16. The monoisotopic (exact) mass is 367 g/mol. The van der Waals surface area contributed by atoms with Crippen molar-refractivity contribution in [2.75, 3.05) is 10.6 Å². The Balaban J connectivity index is 1.69. The summed E-state index contributed by atoms with van der Waals surface area (Å²) < 4.78 is 5.61. The topological polar surface area (TPSA) is 80.3 Å². The first-order chi connectivity index (χ1) is 12.6. The van der Waals surface area contributed by atoms with E-state index < -0.39 is 6.10 Å². The van der Waals surface area contributed by atoms with Crippen molar-refractivity contribution in [1.29, 1.82) is 0 Å². The highest BCUT2D eigenvalue weighted by atomic mass is 32.1. The molecule has 3 rings (SSSR count). The zero-order valence-corrected chi connectivity index (χ0v) is 14.8. The van der Waals surface area contributed by atoms with Gasteiger partial charge in [0.15, 0.2) is 11.2 Å². The van der Waals surface area contributed by atoms with Crippen LogP contribution in [0.2, 0.25) is 0 Å². The maximum absolute atomic E-state index is 12.4. The number of nitrogens with one attached hydrogen (secondary N) is 2. The van der Waals surface area contributed by atoms with E-state index in [1.54, 1.807) is 54.9 Å². The number of para-hydroxylation sites is 2. The molecule has 1 heterocycles. The number of nitrogens with zero attached hydrogens (tertiary/aromatic N) is 1. The molecule has 2 N–H and O–H groups in total. The maximum atomic E-state index is 12.4. The second-order valence-electron chi connectivity index (χ2n) is 5.40. The summed E-state index contributed by atoms with van der Waals surface area (Å²) in [5.74, 6) is -0.0826. The Kier molecular flexibility index (Phi) is 5.60. The molecule has 1 atom stereocenters. The number of hydrogen-bond acceptors (Lipinski definition) is 5. The van der Waals surface area contributed by atoms with Crippen LogP contribution in [0.1, 0.15) is 17.3 Å². The van der Waals surface area contributed by atoms with E-state index in [2.05, 4.69) is 15.6 Å². The molecule has 0 spiro atoms. The average molecular weight is 367 g/mol. The van der Waals surface area contributed by atoms with Crippen LogP contribution in [0.4, 0.5) is 10.8 Å². The molecule has 2 amide bonds. The molecule has 0 saturated heterocycles. The van der Waals surface area contributed by atoms with Crippen LogP contribution in [-0.4, -0.2) is 22.9 Å². The van der Waals surface area contributed by atoms with Crippen LogP contribution in [0.5, 0.6) is 5.75 Å². The van der Waals surface area contributed by atoms with E-state index in [-0.39, 0.29) is 11.8 Å². The van der Waals surface area contributed by atoms with Gasteiger partial charge in [0.1, 0.15) is 5.75 Å². The highest BCUT2D eigenvalue weighted by Crippen LogP contribution is 2.19. The van der Waals surface area contributed by atoms with E-state index >= 15 is 0 Å². The molecule has 0 saturated carbocycles. The molecular formula is C19H17N3O3S. The first-order valence-electron chi connectivity index (χ1n) is 7.96. The quantitative estimate of drug-likeness (QED) is 0.694. The van der Waals surface area contributed by atoms with Crippen molar-refractivity contribution in [3.05, 3.63) is 71.7 Å². The molecule has 0 aliphatic heterocycles. The summed E-state index contributed by atoms with van der Waals surface area (Å²) in [7, 11) is 0. The van der Waals surface area contributed by atoms with Crippen LogP contribution < -0.4 is 15.4 Å². The van der Waals surface area contributed by atoms with Crippen LogP contribution in [-0.2, 0) is 4.79 Å². The highest BCUT2D eigenvalue weighted by Gasteiger charge is 2.18. The summed E-state index contributed by atoms with van der Waals surface area (Å²) >= 11 is 1.32. The van der Waals surface area contributed by atoms with Crippen molar-refractivity contribution in [2.45, 2.75) is 13.0 Å². The van der Waals surface area contributed by atoms with Gasteiger partial charge in [-0.1, -0.05) is 30.3 Å². The van der Waals surface area contributed by atoms with Crippen LogP contribution in [0.3, 0.4) is 0 Å². The number of carbonyl (C=O) groups is 2. The van der Waals surface area contributed by atoms with Gasteiger partial charge < -0.3 is 10.1 Å². The van der Waals surface area contributed by atoms with Crippen molar-refractivity contribution in [2.24, 2.45) is 0 Å². The normalized spacial score (nSPS) is 11.4. The summed E-state index contributed by atoms with van der Waals surface area (Å²) in [5, 5.41) is 7.72. The molecule has 26 heavy (non-hydrogen) atoms. The molecule has 132 valence electrons. The lowest BCUT2D eigenvalue weighted by molar-refractivity contribution is -0.122. The van der Waals surface area contributed by atoms with Gasteiger partial charge >= 0.3 is 0 Å². The number of carbonyl (C=O) groups excluding carboxylic acids is 2. The maximum Gasteiger partial charge on any atom is 0.265 e. The van der Waals surface area contributed by atoms with Gasteiger partial charge in [0.25, 0.3) is 11.8 Å². The van der Waals surface area contributed by atoms with E-state index in [1.165, 1.54) is 11.3 Å². The Morgan fingerprint density at radius 1 is 1.04 bits per heavy atom. The lowest BCUT2D eigenvalue weighted by atomic mass is 10.1.